The fraction of sp³-hybridized carbons (Fsp3) is 0.240. The summed E-state index contributed by atoms with van der Waals surface area (Å²) in [6.45, 7) is 1.38. The van der Waals surface area contributed by atoms with Crippen molar-refractivity contribution in [2.45, 2.75) is 5.92 Å². The quantitative estimate of drug-likeness (QED) is 0.426. The lowest BCUT2D eigenvalue weighted by atomic mass is 9.95. The summed E-state index contributed by atoms with van der Waals surface area (Å²) in [7, 11) is 1.60. The van der Waals surface area contributed by atoms with Gasteiger partial charge in [0.25, 0.3) is 5.91 Å². The first-order chi connectivity index (χ1) is 16.1. The number of aromatic nitrogens is 1. The number of hydrogen-bond donors (Lipinski definition) is 2. The fourth-order valence-corrected chi connectivity index (χ4v) is 5.13. The monoisotopic (exact) mass is 464 g/mol. The molecule has 7 nitrogen and oxygen atoms in total. The van der Waals surface area contributed by atoms with Crippen molar-refractivity contribution in [1.82, 2.24) is 4.98 Å². The van der Waals surface area contributed by atoms with Crippen LogP contribution in [0.25, 0.3) is 21.7 Å². The van der Waals surface area contributed by atoms with Crippen LogP contribution in [0.4, 0.5) is 5.69 Å². The molecule has 0 unspecified atom stereocenters. The van der Waals surface area contributed by atoms with Gasteiger partial charge < -0.3 is 29.2 Å². The molecule has 4 aromatic rings. The lowest BCUT2D eigenvalue weighted by molar-refractivity contribution is 0.0984. The number of nitrogens with zero attached hydrogens (tertiary/aromatic N) is 1. The molecule has 2 aliphatic heterocycles. The van der Waals surface area contributed by atoms with Gasteiger partial charge in [-0.3, -0.25) is 4.79 Å². The molecule has 3 aromatic carbocycles. The van der Waals surface area contributed by atoms with E-state index in [1.807, 2.05) is 24.3 Å². The molecule has 0 spiro atoms. The molecule has 2 aliphatic rings. The minimum atomic E-state index is -0.202. The van der Waals surface area contributed by atoms with E-state index < -0.39 is 0 Å². The van der Waals surface area contributed by atoms with Crippen molar-refractivity contribution < 1.29 is 24.1 Å². The van der Waals surface area contributed by atoms with Gasteiger partial charge in [0.2, 0.25) is 0 Å². The summed E-state index contributed by atoms with van der Waals surface area (Å²) in [5, 5.41) is 13.1. The normalized spacial score (nSPS) is 16.9. The van der Waals surface area contributed by atoms with Crippen molar-refractivity contribution >= 4 is 44.9 Å². The van der Waals surface area contributed by atoms with Crippen molar-refractivity contribution in [2.75, 3.05) is 37.6 Å². The van der Waals surface area contributed by atoms with Crippen LogP contribution in [-0.4, -0.2) is 48.7 Å². The number of fused-ring (bicyclic) bond motifs is 6. The average Bonchev–Trinajstić information content (AvgIpc) is 3.45. The number of ether oxygens (including phenoxy) is 3. The van der Waals surface area contributed by atoms with E-state index >= 15 is 0 Å². The number of benzene rings is 3. The number of methoxy groups -OCH3 is 1. The second-order valence-corrected chi connectivity index (χ2v) is 8.55. The number of hydrogen-bond acceptors (Lipinski definition) is 5. The Labute approximate surface area is 194 Å². The Bertz CT molecular complexity index is 1430. The van der Waals surface area contributed by atoms with Crippen LogP contribution in [0.2, 0.25) is 0 Å². The zero-order chi connectivity index (χ0) is 22.7. The third kappa shape index (κ3) is 2.99. The van der Waals surface area contributed by atoms with Crippen LogP contribution >= 0.6 is 11.6 Å². The van der Waals surface area contributed by atoms with Crippen molar-refractivity contribution in [3.8, 4) is 23.0 Å². The summed E-state index contributed by atoms with van der Waals surface area (Å²) < 4.78 is 16.9. The molecule has 168 valence electrons. The lowest BCUT2D eigenvalue weighted by Gasteiger charge is -2.18. The van der Waals surface area contributed by atoms with Gasteiger partial charge in [-0.25, -0.2) is 0 Å². The van der Waals surface area contributed by atoms with Crippen LogP contribution in [0.3, 0.4) is 0 Å². The number of phenols is 1. The van der Waals surface area contributed by atoms with E-state index in [1.54, 1.807) is 30.2 Å². The Morgan fingerprint density at radius 1 is 1.15 bits per heavy atom. The van der Waals surface area contributed by atoms with Gasteiger partial charge in [-0.1, -0.05) is 0 Å². The minimum absolute atomic E-state index is 0.0744. The first kappa shape index (κ1) is 20.1. The molecule has 0 saturated carbocycles. The number of rotatable bonds is 3. The van der Waals surface area contributed by atoms with Crippen LogP contribution in [0.1, 0.15) is 22.0 Å². The molecule has 6 rings (SSSR count). The molecule has 0 aliphatic carbocycles. The van der Waals surface area contributed by atoms with Gasteiger partial charge >= 0.3 is 0 Å². The van der Waals surface area contributed by atoms with Gasteiger partial charge in [0, 0.05) is 35.2 Å². The molecule has 1 aromatic heterocycles. The number of halogens is 1. The molecule has 0 radical (unpaired) electrons. The number of carbonyl (C=O) groups is 1. The zero-order valence-electron chi connectivity index (χ0n) is 17.9. The third-order valence-corrected chi connectivity index (χ3v) is 6.78. The molecule has 3 heterocycles. The number of amides is 1. The Morgan fingerprint density at radius 3 is 2.82 bits per heavy atom. The Hall–Kier alpha value is -3.58. The van der Waals surface area contributed by atoms with Crippen molar-refractivity contribution in [1.29, 1.82) is 0 Å². The van der Waals surface area contributed by atoms with Crippen molar-refractivity contribution in [3.63, 3.8) is 0 Å². The molecule has 0 fully saturated rings. The Kier molecular flexibility index (Phi) is 4.55. The number of aromatic amines is 1. The maximum Gasteiger partial charge on any atom is 0.274 e. The van der Waals surface area contributed by atoms with E-state index in [4.69, 9.17) is 25.8 Å². The van der Waals surface area contributed by atoms with E-state index in [0.717, 1.165) is 21.9 Å². The number of H-pyrrole nitrogens is 1. The SMILES string of the molecule is COc1ccc2c(O)cc3c(c2c1)[C@H](CCl)CN3C(=O)c1cc2c3c(ccc2[nH]1)OCCO3. The van der Waals surface area contributed by atoms with Gasteiger partial charge in [0.15, 0.2) is 11.5 Å². The minimum Gasteiger partial charge on any atom is -0.507 e. The van der Waals surface area contributed by atoms with Gasteiger partial charge in [0.05, 0.1) is 18.3 Å². The Morgan fingerprint density at radius 2 is 2.00 bits per heavy atom. The summed E-state index contributed by atoms with van der Waals surface area (Å²) in [6, 6.07) is 12.7. The zero-order valence-corrected chi connectivity index (χ0v) is 18.6. The molecular weight excluding hydrogens is 444 g/mol. The summed E-state index contributed by atoms with van der Waals surface area (Å²) >= 11 is 6.34. The van der Waals surface area contributed by atoms with E-state index in [1.165, 1.54) is 0 Å². The highest BCUT2D eigenvalue weighted by molar-refractivity contribution is 6.19. The second kappa shape index (κ2) is 7.49. The molecule has 1 atom stereocenters. The largest absolute Gasteiger partial charge is 0.507 e. The van der Waals surface area contributed by atoms with E-state index in [2.05, 4.69) is 4.98 Å². The van der Waals surface area contributed by atoms with Crippen LogP contribution in [0, 0.1) is 0 Å². The van der Waals surface area contributed by atoms with Gasteiger partial charge in [0.1, 0.15) is 30.4 Å². The number of carbonyl (C=O) groups excluding carboxylic acids is 1. The van der Waals surface area contributed by atoms with Gasteiger partial charge in [-0.05, 0) is 47.3 Å². The third-order valence-electron chi connectivity index (χ3n) is 6.41. The van der Waals surface area contributed by atoms with E-state index in [0.29, 0.717) is 59.7 Å². The first-order valence-electron chi connectivity index (χ1n) is 10.7. The Balaban J connectivity index is 1.47. The fourth-order valence-electron chi connectivity index (χ4n) is 4.88. The average molecular weight is 465 g/mol. The predicted molar refractivity (Wildman–Crippen MR) is 127 cm³/mol. The molecule has 33 heavy (non-hydrogen) atoms. The maximum absolute atomic E-state index is 13.7. The summed E-state index contributed by atoms with van der Waals surface area (Å²) in [5.41, 5.74) is 2.82. The highest BCUT2D eigenvalue weighted by atomic mass is 35.5. The molecule has 0 saturated heterocycles. The highest BCUT2D eigenvalue weighted by Gasteiger charge is 2.35. The van der Waals surface area contributed by atoms with E-state index in [9.17, 15) is 9.90 Å². The van der Waals surface area contributed by atoms with Crippen molar-refractivity contribution in [2.24, 2.45) is 0 Å². The summed E-state index contributed by atoms with van der Waals surface area (Å²) in [5.74, 6) is 2.17. The van der Waals surface area contributed by atoms with Gasteiger partial charge in [-0.15, -0.1) is 11.6 Å². The summed E-state index contributed by atoms with van der Waals surface area (Å²) in [6.07, 6.45) is 0. The van der Waals surface area contributed by atoms with Crippen LogP contribution in [0.5, 0.6) is 23.0 Å². The molecule has 8 heteroatoms. The van der Waals surface area contributed by atoms with Crippen LogP contribution < -0.4 is 19.1 Å². The first-order valence-corrected chi connectivity index (χ1v) is 11.2. The second-order valence-electron chi connectivity index (χ2n) is 8.24. The molecular formula is C25H21ClN2O5. The smallest absolute Gasteiger partial charge is 0.274 e. The number of aromatic hydroxyl groups is 1. The summed E-state index contributed by atoms with van der Waals surface area (Å²) in [4.78, 5) is 18.5. The van der Waals surface area contributed by atoms with Gasteiger partial charge in [-0.2, -0.15) is 0 Å². The highest BCUT2D eigenvalue weighted by Crippen LogP contribution is 2.47. The number of anilines is 1. The topological polar surface area (TPSA) is 84.0 Å². The van der Waals surface area contributed by atoms with Crippen LogP contribution in [0.15, 0.2) is 42.5 Å². The number of nitrogens with one attached hydrogen (secondary N) is 1. The maximum atomic E-state index is 13.7. The predicted octanol–water partition coefficient (Wildman–Crippen LogP) is 4.79. The lowest BCUT2D eigenvalue weighted by Crippen LogP contribution is -2.30. The number of phenolic OH excluding ortho intramolecular Hbond substituents is 1. The molecule has 2 N–H and O–H groups in total. The number of alkyl halides is 1. The molecule has 1 amide bonds. The molecule has 0 bridgehead atoms. The standard InChI is InChI=1S/C25H21ClN2O5/c1-31-14-2-3-15-16(8-14)23-13(11-26)12-28(20(23)10-21(15)29)25(30)19-9-17-18(27-19)4-5-22-24(17)33-7-6-32-22/h2-5,8-10,13,27,29H,6-7,11-12H2,1H3/t13-/m1/s1. The van der Waals surface area contributed by atoms with Crippen LogP contribution in [-0.2, 0) is 0 Å². The van der Waals surface area contributed by atoms with Crippen molar-refractivity contribution in [3.05, 3.63) is 53.7 Å². The van der Waals surface area contributed by atoms with E-state index in [-0.39, 0.29) is 17.6 Å².